The standard InChI is InChI=1S/C21H34O4Si/c1-12-13(2)19-17(14(3)18(12)23-16(5)22)15(4)24-26(25-19,20(6,7)8)21(9,10)11/h15H,1-11H3. The quantitative estimate of drug-likeness (QED) is 0.339. The first kappa shape index (κ1) is 21.0. The van der Waals surface area contributed by atoms with Gasteiger partial charge in [0.2, 0.25) is 0 Å². The van der Waals surface area contributed by atoms with E-state index in [1.165, 1.54) is 6.92 Å². The number of carbonyl (C=O) groups excluding carboxylic acids is 1. The summed E-state index contributed by atoms with van der Waals surface area (Å²) in [4.78, 5) is 11.6. The number of hydrogen-bond donors (Lipinski definition) is 0. The first-order valence-electron chi connectivity index (χ1n) is 9.33. The highest BCUT2D eigenvalue weighted by Gasteiger charge is 2.63. The minimum absolute atomic E-state index is 0.0972. The summed E-state index contributed by atoms with van der Waals surface area (Å²) in [6, 6.07) is 0. The summed E-state index contributed by atoms with van der Waals surface area (Å²) in [5.41, 5.74) is 3.91. The first-order valence-corrected chi connectivity index (χ1v) is 11.1. The summed E-state index contributed by atoms with van der Waals surface area (Å²) in [5, 5.41) is -0.194. The second kappa shape index (κ2) is 6.38. The molecule has 1 aromatic rings. The van der Waals surface area contributed by atoms with Crippen molar-refractivity contribution < 1.29 is 18.4 Å². The highest BCUT2D eigenvalue weighted by Crippen LogP contribution is 2.58. The zero-order valence-corrected chi connectivity index (χ0v) is 19.2. The molecule has 26 heavy (non-hydrogen) atoms. The van der Waals surface area contributed by atoms with Crippen molar-refractivity contribution in [2.24, 2.45) is 0 Å². The van der Waals surface area contributed by atoms with Crippen LogP contribution in [0.4, 0.5) is 0 Å². The summed E-state index contributed by atoms with van der Waals surface area (Å²) in [6.45, 7) is 22.8. The molecular formula is C21H34O4Si. The number of benzene rings is 1. The van der Waals surface area contributed by atoms with Crippen LogP contribution in [0.25, 0.3) is 0 Å². The molecule has 0 amide bonds. The number of ether oxygens (including phenoxy) is 1. The van der Waals surface area contributed by atoms with Crippen LogP contribution in [-0.4, -0.2) is 14.5 Å². The maximum atomic E-state index is 11.6. The average molecular weight is 379 g/mol. The molecule has 0 saturated heterocycles. The van der Waals surface area contributed by atoms with Crippen LogP contribution in [0, 0.1) is 20.8 Å². The van der Waals surface area contributed by atoms with Gasteiger partial charge >= 0.3 is 14.5 Å². The highest BCUT2D eigenvalue weighted by molar-refractivity contribution is 6.74. The zero-order chi connectivity index (χ0) is 20.2. The van der Waals surface area contributed by atoms with E-state index in [1.54, 1.807) is 0 Å². The van der Waals surface area contributed by atoms with E-state index < -0.39 is 8.56 Å². The molecule has 0 aromatic heterocycles. The van der Waals surface area contributed by atoms with Crippen molar-refractivity contribution in [2.75, 3.05) is 0 Å². The van der Waals surface area contributed by atoms with Gasteiger partial charge in [-0.15, -0.1) is 0 Å². The second-order valence-electron chi connectivity index (χ2n) is 9.52. The lowest BCUT2D eigenvalue weighted by Gasteiger charge is -2.53. The molecule has 0 bridgehead atoms. The fraction of sp³-hybridized carbons (Fsp3) is 0.667. The molecule has 4 nitrogen and oxygen atoms in total. The molecule has 0 fully saturated rings. The van der Waals surface area contributed by atoms with E-state index in [0.717, 1.165) is 28.0 Å². The van der Waals surface area contributed by atoms with Crippen molar-refractivity contribution in [1.82, 2.24) is 0 Å². The molecule has 1 aliphatic rings. The second-order valence-corrected chi connectivity index (χ2v) is 14.2. The van der Waals surface area contributed by atoms with Crippen molar-refractivity contribution >= 4 is 14.5 Å². The molecule has 0 N–H and O–H groups in total. The Hall–Kier alpha value is -1.33. The molecule has 1 unspecified atom stereocenters. The lowest BCUT2D eigenvalue weighted by Crippen LogP contribution is -2.62. The molecule has 1 aliphatic heterocycles. The van der Waals surface area contributed by atoms with Gasteiger partial charge in [0.25, 0.3) is 0 Å². The lowest BCUT2D eigenvalue weighted by atomic mass is 9.94. The van der Waals surface area contributed by atoms with Crippen LogP contribution in [0.15, 0.2) is 0 Å². The molecule has 1 heterocycles. The molecule has 0 spiro atoms. The normalized spacial score (nSPS) is 19.6. The van der Waals surface area contributed by atoms with Crippen LogP contribution >= 0.6 is 0 Å². The lowest BCUT2D eigenvalue weighted by molar-refractivity contribution is -0.132. The topological polar surface area (TPSA) is 44.8 Å². The molecule has 0 saturated carbocycles. The molecular weight excluding hydrogens is 344 g/mol. The van der Waals surface area contributed by atoms with Crippen molar-refractivity contribution in [2.45, 2.75) is 92.3 Å². The molecule has 0 radical (unpaired) electrons. The zero-order valence-electron chi connectivity index (χ0n) is 18.2. The predicted molar refractivity (Wildman–Crippen MR) is 107 cm³/mol. The van der Waals surface area contributed by atoms with Crippen molar-refractivity contribution in [3.8, 4) is 11.5 Å². The summed E-state index contributed by atoms with van der Waals surface area (Å²) < 4.78 is 19.1. The predicted octanol–water partition coefficient (Wildman–Crippen LogP) is 6.05. The van der Waals surface area contributed by atoms with E-state index in [9.17, 15) is 4.79 Å². The molecule has 146 valence electrons. The molecule has 2 rings (SSSR count). The van der Waals surface area contributed by atoms with Gasteiger partial charge in [0.15, 0.2) is 0 Å². The minimum Gasteiger partial charge on any atom is -0.519 e. The number of rotatable bonds is 1. The Morgan fingerprint density at radius 2 is 1.46 bits per heavy atom. The van der Waals surface area contributed by atoms with Crippen LogP contribution in [0.2, 0.25) is 10.1 Å². The Balaban J connectivity index is 2.77. The van der Waals surface area contributed by atoms with E-state index in [2.05, 4.69) is 48.5 Å². The van der Waals surface area contributed by atoms with Gasteiger partial charge in [0, 0.05) is 28.1 Å². The van der Waals surface area contributed by atoms with Crippen LogP contribution in [0.1, 0.15) is 83.7 Å². The van der Waals surface area contributed by atoms with E-state index in [4.69, 9.17) is 13.6 Å². The van der Waals surface area contributed by atoms with E-state index >= 15 is 0 Å². The van der Waals surface area contributed by atoms with E-state index in [1.807, 2.05) is 20.8 Å². The van der Waals surface area contributed by atoms with Gasteiger partial charge in [-0.25, -0.2) is 0 Å². The number of carbonyl (C=O) groups is 1. The van der Waals surface area contributed by atoms with E-state index in [0.29, 0.717) is 5.75 Å². The van der Waals surface area contributed by atoms with Crippen molar-refractivity contribution in [1.29, 1.82) is 0 Å². The smallest absolute Gasteiger partial charge is 0.410 e. The highest BCUT2D eigenvalue weighted by atomic mass is 28.4. The number of hydrogen-bond acceptors (Lipinski definition) is 4. The third-order valence-corrected chi connectivity index (χ3v) is 10.6. The van der Waals surface area contributed by atoms with Gasteiger partial charge in [0.1, 0.15) is 11.5 Å². The van der Waals surface area contributed by atoms with Crippen LogP contribution in [0.3, 0.4) is 0 Å². The Morgan fingerprint density at radius 1 is 0.962 bits per heavy atom. The number of esters is 1. The van der Waals surface area contributed by atoms with Gasteiger partial charge < -0.3 is 13.6 Å². The first-order chi connectivity index (χ1) is 11.6. The third kappa shape index (κ3) is 3.09. The fourth-order valence-electron chi connectivity index (χ4n) is 4.29. The molecule has 0 aliphatic carbocycles. The third-order valence-electron chi connectivity index (χ3n) is 5.45. The van der Waals surface area contributed by atoms with Gasteiger partial charge in [0.05, 0.1) is 6.10 Å². The Morgan fingerprint density at radius 3 is 1.88 bits per heavy atom. The van der Waals surface area contributed by atoms with Crippen molar-refractivity contribution in [3.05, 3.63) is 22.3 Å². The van der Waals surface area contributed by atoms with Gasteiger partial charge in [-0.3, -0.25) is 4.79 Å². The largest absolute Gasteiger partial charge is 0.519 e. The van der Waals surface area contributed by atoms with E-state index in [-0.39, 0.29) is 22.1 Å². The van der Waals surface area contributed by atoms with Gasteiger partial charge in [-0.05, 0) is 38.8 Å². The summed E-state index contributed by atoms with van der Waals surface area (Å²) >= 11 is 0. The fourth-order valence-corrected chi connectivity index (χ4v) is 9.08. The molecule has 1 atom stereocenters. The van der Waals surface area contributed by atoms with Gasteiger partial charge in [-0.2, -0.15) is 0 Å². The maximum absolute atomic E-state index is 11.6. The Bertz CT molecular complexity index is 724. The summed E-state index contributed by atoms with van der Waals surface area (Å²) in [7, 11) is -2.63. The molecule has 1 aromatic carbocycles. The maximum Gasteiger partial charge on any atom is 0.410 e. The monoisotopic (exact) mass is 378 g/mol. The SMILES string of the molecule is CC(=O)Oc1c(C)c(C)c2c(c1C)C(C)O[Si](C(C)(C)C)(C(C)(C)C)O2. The number of fused-ring (bicyclic) bond motifs is 1. The van der Waals surface area contributed by atoms with Crippen molar-refractivity contribution in [3.63, 3.8) is 0 Å². The average Bonchev–Trinajstić information content (AvgIpc) is 2.46. The minimum atomic E-state index is -2.63. The van der Waals surface area contributed by atoms with Gasteiger partial charge in [-0.1, -0.05) is 41.5 Å². The van der Waals surface area contributed by atoms with Crippen LogP contribution in [-0.2, 0) is 9.22 Å². The Labute approximate surface area is 159 Å². The summed E-state index contributed by atoms with van der Waals surface area (Å²) in [5.74, 6) is 1.24. The van der Waals surface area contributed by atoms with Crippen LogP contribution < -0.4 is 9.16 Å². The van der Waals surface area contributed by atoms with Crippen LogP contribution in [0.5, 0.6) is 11.5 Å². The Kier molecular flexibility index (Phi) is 5.14. The molecule has 5 heteroatoms. The summed E-state index contributed by atoms with van der Waals surface area (Å²) in [6.07, 6.45) is -0.113.